The van der Waals surface area contributed by atoms with Crippen LogP contribution in [0, 0.1) is 0 Å². The molecule has 0 saturated heterocycles. The fourth-order valence-corrected chi connectivity index (χ4v) is 3.28. The number of rotatable bonds is 3. The Hall–Kier alpha value is -2.27. The van der Waals surface area contributed by atoms with Gasteiger partial charge in [0.2, 0.25) is 0 Å². The summed E-state index contributed by atoms with van der Waals surface area (Å²) in [6.45, 7) is 3.66. The molecule has 1 amide bonds. The second kappa shape index (κ2) is 5.61. The molecule has 0 aliphatic carbocycles. The van der Waals surface area contributed by atoms with Crippen molar-refractivity contribution < 1.29 is 9.53 Å². The van der Waals surface area contributed by atoms with Gasteiger partial charge in [0.05, 0.1) is 11.8 Å². The molecule has 0 atom stereocenters. The Morgan fingerprint density at radius 1 is 1.19 bits per heavy atom. The summed E-state index contributed by atoms with van der Waals surface area (Å²) in [5, 5.41) is 4.76. The Morgan fingerprint density at radius 2 is 1.90 bits per heavy atom. The lowest BCUT2D eigenvalue weighted by molar-refractivity contribution is 0.130. The maximum atomic E-state index is 11.9. The van der Waals surface area contributed by atoms with Gasteiger partial charge in [0.1, 0.15) is 5.00 Å². The van der Waals surface area contributed by atoms with Crippen molar-refractivity contribution in [2.75, 3.05) is 5.32 Å². The monoisotopic (exact) mass is 300 g/mol. The molecule has 0 aliphatic rings. The summed E-state index contributed by atoms with van der Waals surface area (Å²) in [7, 11) is 0. The van der Waals surface area contributed by atoms with E-state index in [4.69, 9.17) is 4.74 Å². The Balaban J connectivity index is 2.05. The topological polar surface area (TPSA) is 43.3 Å². The molecule has 0 radical (unpaired) electrons. The minimum atomic E-state index is -0.426. The van der Waals surface area contributed by atoms with Crippen LogP contribution in [0.15, 0.2) is 48.8 Å². The van der Waals surface area contributed by atoms with Crippen LogP contribution in [0.5, 0.6) is 0 Å². The molecular formula is C16H16N2O2S. The fraction of sp³-hybridized carbons (Fsp3) is 0.188. The number of carbonyl (C=O) groups excluding carboxylic acids is 1. The van der Waals surface area contributed by atoms with Crippen molar-refractivity contribution in [3.63, 3.8) is 0 Å². The predicted octanol–water partition coefficient (Wildman–Crippen LogP) is 4.65. The number of fused-ring (bicyclic) bond motifs is 1. The highest BCUT2D eigenvalue weighted by Gasteiger charge is 2.16. The van der Waals surface area contributed by atoms with Gasteiger partial charge in [0.25, 0.3) is 0 Å². The molecule has 0 fully saturated rings. The summed E-state index contributed by atoms with van der Waals surface area (Å²) >= 11 is 1.54. The van der Waals surface area contributed by atoms with Crippen molar-refractivity contribution in [3.8, 4) is 5.69 Å². The van der Waals surface area contributed by atoms with Crippen molar-refractivity contribution in [1.29, 1.82) is 0 Å². The molecule has 5 heteroatoms. The van der Waals surface area contributed by atoms with Gasteiger partial charge in [0, 0.05) is 22.5 Å². The van der Waals surface area contributed by atoms with Crippen molar-refractivity contribution in [3.05, 3.63) is 48.8 Å². The van der Waals surface area contributed by atoms with Crippen LogP contribution < -0.4 is 5.32 Å². The molecule has 2 heterocycles. The molecule has 0 aliphatic heterocycles. The zero-order valence-electron chi connectivity index (χ0n) is 11.9. The Morgan fingerprint density at radius 3 is 2.62 bits per heavy atom. The van der Waals surface area contributed by atoms with Crippen LogP contribution in [0.4, 0.5) is 9.80 Å². The van der Waals surface area contributed by atoms with Gasteiger partial charge in [-0.1, -0.05) is 18.2 Å². The van der Waals surface area contributed by atoms with Crippen LogP contribution in [0.25, 0.3) is 15.8 Å². The number of hydrogen-bond donors (Lipinski definition) is 1. The molecule has 1 N–H and O–H groups in total. The minimum Gasteiger partial charge on any atom is -0.447 e. The second-order valence-electron chi connectivity index (χ2n) is 4.95. The lowest BCUT2D eigenvalue weighted by Crippen LogP contribution is -2.18. The largest absolute Gasteiger partial charge is 0.447 e. The fourth-order valence-electron chi connectivity index (χ4n) is 2.19. The van der Waals surface area contributed by atoms with E-state index in [2.05, 4.69) is 11.4 Å². The highest BCUT2D eigenvalue weighted by Crippen LogP contribution is 2.38. The number of nitrogens with one attached hydrogen (secondary N) is 1. The minimum absolute atomic E-state index is 0.144. The SMILES string of the molecule is CC(C)OC(=O)Nc1sc2ccccc2c1-n1cccc1. The van der Waals surface area contributed by atoms with Gasteiger partial charge in [-0.2, -0.15) is 0 Å². The van der Waals surface area contributed by atoms with Crippen LogP contribution >= 0.6 is 11.3 Å². The van der Waals surface area contributed by atoms with E-state index in [1.807, 2.05) is 61.1 Å². The molecule has 108 valence electrons. The molecule has 21 heavy (non-hydrogen) atoms. The predicted molar refractivity (Wildman–Crippen MR) is 86.4 cm³/mol. The Labute approximate surface area is 127 Å². The summed E-state index contributed by atoms with van der Waals surface area (Å²) in [5.41, 5.74) is 0.973. The highest BCUT2D eigenvalue weighted by molar-refractivity contribution is 7.23. The van der Waals surface area contributed by atoms with E-state index in [1.54, 1.807) is 11.3 Å². The van der Waals surface area contributed by atoms with Crippen molar-refractivity contribution in [2.45, 2.75) is 20.0 Å². The van der Waals surface area contributed by atoms with Gasteiger partial charge < -0.3 is 9.30 Å². The van der Waals surface area contributed by atoms with Crippen molar-refractivity contribution in [2.24, 2.45) is 0 Å². The van der Waals surface area contributed by atoms with E-state index in [-0.39, 0.29) is 6.10 Å². The first-order valence-electron chi connectivity index (χ1n) is 6.77. The normalized spacial score (nSPS) is 11.0. The number of thiophene rings is 1. The summed E-state index contributed by atoms with van der Waals surface area (Å²) in [6, 6.07) is 12.0. The number of amides is 1. The zero-order chi connectivity index (χ0) is 14.8. The molecular weight excluding hydrogens is 284 g/mol. The maximum Gasteiger partial charge on any atom is 0.412 e. The van der Waals surface area contributed by atoms with E-state index in [0.717, 1.165) is 20.8 Å². The quantitative estimate of drug-likeness (QED) is 0.765. The van der Waals surface area contributed by atoms with Gasteiger partial charge in [-0.15, -0.1) is 11.3 Å². The van der Waals surface area contributed by atoms with Crippen molar-refractivity contribution in [1.82, 2.24) is 4.57 Å². The summed E-state index contributed by atoms with van der Waals surface area (Å²) < 4.78 is 8.30. The van der Waals surface area contributed by atoms with E-state index >= 15 is 0 Å². The standard InChI is InChI=1S/C16H16N2O2S/c1-11(2)20-16(19)17-15-14(18-9-5-6-10-18)12-7-3-4-8-13(12)21-15/h3-11H,1-2H3,(H,17,19). The summed E-state index contributed by atoms with van der Waals surface area (Å²) in [5.74, 6) is 0. The summed E-state index contributed by atoms with van der Waals surface area (Å²) in [6.07, 6.45) is 3.36. The second-order valence-corrected chi connectivity index (χ2v) is 6.00. The number of carbonyl (C=O) groups is 1. The first-order chi connectivity index (χ1) is 10.1. The van der Waals surface area contributed by atoms with Crippen LogP contribution in [0.1, 0.15) is 13.8 Å². The molecule has 3 aromatic rings. The number of benzene rings is 1. The summed E-state index contributed by atoms with van der Waals surface area (Å²) in [4.78, 5) is 11.9. The van der Waals surface area contributed by atoms with Crippen LogP contribution in [-0.4, -0.2) is 16.8 Å². The first-order valence-corrected chi connectivity index (χ1v) is 7.59. The third-order valence-corrected chi connectivity index (χ3v) is 4.07. The van der Waals surface area contributed by atoms with E-state index in [9.17, 15) is 4.79 Å². The van der Waals surface area contributed by atoms with Gasteiger partial charge in [-0.3, -0.25) is 5.32 Å². The lowest BCUT2D eigenvalue weighted by atomic mass is 10.2. The maximum absolute atomic E-state index is 11.9. The average molecular weight is 300 g/mol. The molecule has 2 aromatic heterocycles. The molecule has 0 unspecified atom stereocenters. The molecule has 4 nitrogen and oxygen atoms in total. The van der Waals surface area contributed by atoms with Crippen LogP contribution in [-0.2, 0) is 4.74 Å². The number of aromatic nitrogens is 1. The van der Waals surface area contributed by atoms with Gasteiger partial charge >= 0.3 is 6.09 Å². The first kappa shape index (κ1) is 13.7. The molecule has 0 saturated carbocycles. The number of anilines is 1. The number of ether oxygens (including phenoxy) is 1. The molecule has 3 rings (SSSR count). The van der Waals surface area contributed by atoms with Crippen LogP contribution in [0.2, 0.25) is 0 Å². The Bertz CT molecular complexity index is 760. The highest BCUT2D eigenvalue weighted by atomic mass is 32.1. The Kier molecular flexibility index (Phi) is 3.66. The zero-order valence-corrected chi connectivity index (χ0v) is 12.7. The van der Waals surface area contributed by atoms with Gasteiger partial charge in [-0.25, -0.2) is 4.79 Å². The molecule has 0 bridgehead atoms. The lowest BCUT2D eigenvalue weighted by Gasteiger charge is -2.10. The van der Waals surface area contributed by atoms with E-state index in [1.165, 1.54) is 0 Å². The smallest absolute Gasteiger partial charge is 0.412 e. The van der Waals surface area contributed by atoms with Crippen molar-refractivity contribution >= 4 is 32.5 Å². The van der Waals surface area contributed by atoms with E-state index < -0.39 is 6.09 Å². The number of nitrogens with zero attached hydrogens (tertiary/aromatic N) is 1. The van der Waals surface area contributed by atoms with Gasteiger partial charge in [0.15, 0.2) is 0 Å². The third-order valence-electron chi connectivity index (χ3n) is 2.99. The molecule has 0 spiro atoms. The van der Waals surface area contributed by atoms with Crippen LogP contribution in [0.3, 0.4) is 0 Å². The van der Waals surface area contributed by atoms with Gasteiger partial charge in [-0.05, 0) is 32.0 Å². The molecule has 1 aromatic carbocycles. The van der Waals surface area contributed by atoms with E-state index in [0.29, 0.717) is 0 Å². The average Bonchev–Trinajstić information content (AvgIpc) is 3.03. The number of hydrogen-bond acceptors (Lipinski definition) is 3. The third kappa shape index (κ3) is 2.78.